The molecule has 0 aliphatic heterocycles. The second kappa shape index (κ2) is 4.12. The molecule has 0 fully saturated rings. The van der Waals surface area contributed by atoms with Gasteiger partial charge in [0.05, 0.1) is 0 Å². The summed E-state index contributed by atoms with van der Waals surface area (Å²) >= 11 is 0. The topological polar surface area (TPSA) is 12.0 Å². The summed E-state index contributed by atoms with van der Waals surface area (Å²) in [4.78, 5) is 0. The zero-order chi connectivity index (χ0) is 14.7. The van der Waals surface area contributed by atoms with Crippen molar-refractivity contribution >= 4 is 23.4 Å². The molecule has 2 aliphatic rings. The molecule has 3 rings (SSSR count). The van der Waals surface area contributed by atoms with Crippen LogP contribution in [0.3, 0.4) is 0 Å². The van der Waals surface area contributed by atoms with Gasteiger partial charge >= 0.3 is 0 Å². The first-order valence-corrected chi connectivity index (χ1v) is 7.32. The molecule has 0 bridgehead atoms. The van der Waals surface area contributed by atoms with Crippen LogP contribution in [-0.2, 0) is 0 Å². The highest BCUT2D eigenvalue weighted by Crippen LogP contribution is 2.25. The van der Waals surface area contributed by atoms with Crippen LogP contribution in [0, 0.1) is 6.92 Å². The van der Waals surface area contributed by atoms with E-state index in [1.54, 1.807) is 0 Å². The van der Waals surface area contributed by atoms with Crippen molar-refractivity contribution in [2.75, 3.05) is 0 Å². The van der Waals surface area contributed by atoms with Crippen LogP contribution >= 0.6 is 0 Å². The first-order chi connectivity index (χ1) is 9.28. The molecule has 1 aromatic rings. The number of hydrogen-bond acceptors (Lipinski definition) is 1. The minimum absolute atomic E-state index is 0.0830. The largest absolute Gasteiger partial charge is 0.380 e. The smallest absolute Gasteiger partial charge is 0.0426 e. The summed E-state index contributed by atoms with van der Waals surface area (Å²) in [5.41, 5.74) is 8.32. The Bertz CT molecular complexity index is 781. The summed E-state index contributed by atoms with van der Waals surface area (Å²) in [6.07, 6.45) is 6.75. The van der Waals surface area contributed by atoms with Gasteiger partial charge in [-0.25, -0.2) is 0 Å². The predicted octanol–water partition coefficient (Wildman–Crippen LogP) is 3.11. The van der Waals surface area contributed by atoms with Crippen LogP contribution in [-0.4, -0.2) is 5.54 Å². The van der Waals surface area contributed by atoms with Gasteiger partial charge in [0.15, 0.2) is 0 Å². The third kappa shape index (κ3) is 1.93. The number of allylic oxidation sites excluding steroid dienone is 2. The van der Waals surface area contributed by atoms with Gasteiger partial charge in [-0.3, -0.25) is 0 Å². The van der Waals surface area contributed by atoms with Gasteiger partial charge in [0, 0.05) is 16.5 Å². The number of fused-ring (bicyclic) bond motifs is 2. The Labute approximate surface area is 121 Å². The molecule has 0 spiro atoms. The summed E-state index contributed by atoms with van der Waals surface area (Å²) < 4.78 is 0. The molecule has 2 aliphatic carbocycles. The summed E-state index contributed by atoms with van der Waals surface area (Å²) in [5.74, 6) is 0. The molecule has 0 heterocycles. The van der Waals surface area contributed by atoms with E-state index in [1.807, 2.05) is 0 Å². The molecule has 0 atom stereocenters. The van der Waals surface area contributed by atoms with Crippen LogP contribution in [0.4, 0.5) is 0 Å². The van der Waals surface area contributed by atoms with Crippen molar-refractivity contribution in [2.45, 2.75) is 47.1 Å². The first kappa shape index (κ1) is 13.2. The Morgan fingerprint density at radius 2 is 1.70 bits per heavy atom. The molecular formula is C19H23N. The van der Waals surface area contributed by atoms with E-state index >= 15 is 0 Å². The van der Waals surface area contributed by atoms with E-state index in [-0.39, 0.29) is 5.54 Å². The minimum Gasteiger partial charge on any atom is -0.380 e. The fourth-order valence-electron chi connectivity index (χ4n) is 3.27. The van der Waals surface area contributed by atoms with Crippen LogP contribution in [0.2, 0.25) is 0 Å². The van der Waals surface area contributed by atoms with Crippen molar-refractivity contribution < 1.29 is 0 Å². The van der Waals surface area contributed by atoms with E-state index < -0.39 is 0 Å². The lowest BCUT2D eigenvalue weighted by molar-refractivity contribution is 0.501. The first-order valence-electron chi connectivity index (χ1n) is 7.32. The summed E-state index contributed by atoms with van der Waals surface area (Å²) in [6.45, 7) is 13.3. The molecule has 0 unspecified atom stereocenters. The lowest BCUT2D eigenvalue weighted by Crippen LogP contribution is -2.37. The number of benzene rings is 1. The standard InChI is InChI=1S/C19H23N/c1-11-9-15-10-14-7-8-16(20-19(4,5)6)18(14)13(3)17(15)12(11)2/h7-10,20H,1-6H3. The fraction of sp³-hybridized carbons (Fsp3) is 0.368. The molecule has 104 valence electrons. The van der Waals surface area contributed by atoms with Gasteiger partial charge in [0.25, 0.3) is 0 Å². The van der Waals surface area contributed by atoms with E-state index in [0.29, 0.717) is 0 Å². The highest BCUT2D eigenvalue weighted by molar-refractivity contribution is 5.86. The number of hydrogen-bond donors (Lipinski definition) is 1. The molecule has 0 aromatic heterocycles. The zero-order valence-electron chi connectivity index (χ0n) is 13.3. The molecule has 0 radical (unpaired) electrons. The van der Waals surface area contributed by atoms with E-state index in [1.165, 1.54) is 44.0 Å². The monoisotopic (exact) mass is 265 g/mol. The second-order valence-corrected chi connectivity index (χ2v) is 7.00. The molecule has 0 saturated carbocycles. The molecule has 20 heavy (non-hydrogen) atoms. The quantitative estimate of drug-likeness (QED) is 0.823. The van der Waals surface area contributed by atoms with Crippen LogP contribution in [0.5, 0.6) is 0 Å². The van der Waals surface area contributed by atoms with Crippen molar-refractivity contribution in [3.05, 3.63) is 44.8 Å². The summed E-state index contributed by atoms with van der Waals surface area (Å²) in [7, 11) is 0. The summed E-state index contributed by atoms with van der Waals surface area (Å²) in [6, 6.07) is 2.32. The molecular weight excluding hydrogens is 242 g/mol. The Balaban J connectivity index is 2.30. The Hall–Kier alpha value is -1.76. The van der Waals surface area contributed by atoms with Crippen molar-refractivity contribution in [3.63, 3.8) is 0 Å². The normalized spacial score (nSPS) is 16.4. The minimum atomic E-state index is 0.0830. The van der Waals surface area contributed by atoms with Crippen molar-refractivity contribution in [2.24, 2.45) is 0 Å². The molecule has 0 saturated heterocycles. The highest BCUT2D eigenvalue weighted by atomic mass is 15.0. The number of nitrogens with one attached hydrogen (secondary N) is 1. The SMILES string of the molecule is CC1=C(C)c2c(C)c3c(cc2=C1)C=CC=3NC(C)(C)C. The molecule has 1 N–H and O–H groups in total. The van der Waals surface area contributed by atoms with Gasteiger partial charge < -0.3 is 5.32 Å². The van der Waals surface area contributed by atoms with Crippen molar-refractivity contribution in [1.29, 1.82) is 0 Å². The van der Waals surface area contributed by atoms with Crippen LogP contribution in [0.15, 0.2) is 17.7 Å². The number of rotatable bonds is 1. The van der Waals surface area contributed by atoms with E-state index in [2.05, 4.69) is 71.2 Å². The van der Waals surface area contributed by atoms with Gasteiger partial charge in [-0.05, 0) is 86.7 Å². The fourth-order valence-corrected chi connectivity index (χ4v) is 3.27. The van der Waals surface area contributed by atoms with E-state index in [4.69, 9.17) is 0 Å². The van der Waals surface area contributed by atoms with Gasteiger partial charge in [-0.15, -0.1) is 0 Å². The Morgan fingerprint density at radius 1 is 1.00 bits per heavy atom. The lowest BCUT2D eigenvalue weighted by atomic mass is 9.97. The summed E-state index contributed by atoms with van der Waals surface area (Å²) in [5, 5.41) is 6.39. The van der Waals surface area contributed by atoms with Crippen LogP contribution in [0.25, 0.3) is 23.4 Å². The third-order valence-corrected chi connectivity index (χ3v) is 4.19. The second-order valence-electron chi connectivity index (χ2n) is 7.00. The molecule has 1 heteroatoms. The third-order valence-electron chi connectivity index (χ3n) is 4.19. The maximum Gasteiger partial charge on any atom is 0.0426 e. The Morgan fingerprint density at radius 3 is 2.35 bits per heavy atom. The molecule has 1 nitrogen and oxygen atoms in total. The van der Waals surface area contributed by atoms with Gasteiger partial charge in [-0.1, -0.05) is 12.2 Å². The molecule has 1 aromatic carbocycles. The lowest BCUT2D eigenvalue weighted by Gasteiger charge is -2.22. The average molecular weight is 265 g/mol. The maximum atomic E-state index is 3.64. The van der Waals surface area contributed by atoms with Crippen molar-refractivity contribution in [1.82, 2.24) is 5.32 Å². The predicted molar refractivity (Wildman–Crippen MR) is 88.5 cm³/mol. The van der Waals surface area contributed by atoms with Gasteiger partial charge in [-0.2, -0.15) is 0 Å². The van der Waals surface area contributed by atoms with E-state index in [0.717, 1.165) is 0 Å². The van der Waals surface area contributed by atoms with Gasteiger partial charge in [0.1, 0.15) is 0 Å². The zero-order valence-corrected chi connectivity index (χ0v) is 13.3. The van der Waals surface area contributed by atoms with Crippen LogP contribution < -0.4 is 15.8 Å². The maximum absolute atomic E-state index is 3.64. The van der Waals surface area contributed by atoms with E-state index in [9.17, 15) is 0 Å². The molecule has 0 amide bonds. The Kier molecular flexibility index (Phi) is 2.72. The van der Waals surface area contributed by atoms with Crippen molar-refractivity contribution in [3.8, 4) is 0 Å². The van der Waals surface area contributed by atoms with Gasteiger partial charge in [0.2, 0.25) is 0 Å². The average Bonchev–Trinajstić information content (AvgIpc) is 2.81. The van der Waals surface area contributed by atoms with Crippen LogP contribution in [0.1, 0.15) is 51.3 Å². The highest BCUT2D eigenvalue weighted by Gasteiger charge is 2.19.